The first-order chi connectivity index (χ1) is 16.7. The summed E-state index contributed by atoms with van der Waals surface area (Å²) < 4.78 is 44.2. The van der Waals surface area contributed by atoms with Gasteiger partial charge in [0.1, 0.15) is 23.3 Å². The number of carbonyl (C=O) groups is 2. The number of carbonyl (C=O) groups excluding carboxylic acids is 1. The lowest BCUT2D eigenvalue weighted by Crippen LogP contribution is -2.16. The second-order valence-electron chi connectivity index (χ2n) is 7.83. The number of aromatic carboxylic acids is 1. The van der Waals surface area contributed by atoms with Crippen molar-refractivity contribution in [3.63, 3.8) is 0 Å². The van der Waals surface area contributed by atoms with Gasteiger partial charge in [-0.1, -0.05) is 24.3 Å². The summed E-state index contributed by atoms with van der Waals surface area (Å²) in [5, 5.41) is 9.69. The van der Waals surface area contributed by atoms with Gasteiger partial charge in [-0.25, -0.2) is 22.9 Å². The third-order valence-corrected chi connectivity index (χ3v) is 5.57. The molecule has 4 aromatic rings. The summed E-state index contributed by atoms with van der Waals surface area (Å²) in [4.78, 5) is 29.6. The highest BCUT2D eigenvalue weighted by molar-refractivity contribution is 6.02. The van der Waals surface area contributed by atoms with Gasteiger partial charge in [0.25, 0.3) is 5.91 Å². The monoisotopic (exact) mass is 476 g/mol. The molecule has 0 aliphatic rings. The van der Waals surface area contributed by atoms with Crippen LogP contribution in [0.1, 0.15) is 49.1 Å². The van der Waals surface area contributed by atoms with Gasteiger partial charge in [0, 0.05) is 16.8 Å². The Balaban J connectivity index is 2.02. The van der Waals surface area contributed by atoms with Crippen LogP contribution in [0.5, 0.6) is 0 Å². The molecular formula is C27H19F3N2O3. The fraction of sp³-hybridized carbons (Fsp3) is 0.0741. The molecule has 4 rings (SSSR count). The number of nitrogens with zero attached hydrogens (tertiary/aromatic N) is 2. The molecule has 0 aliphatic carbocycles. The first kappa shape index (κ1) is 23.7. The normalized spacial score (nSPS) is 11.5. The number of hydrogen-bond donors (Lipinski definition) is 1. The fourth-order valence-electron chi connectivity index (χ4n) is 3.80. The Morgan fingerprint density at radius 3 is 2.11 bits per heavy atom. The highest BCUT2D eigenvalue weighted by Gasteiger charge is 2.23. The highest BCUT2D eigenvalue weighted by atomic mass is 19.1. The van der Waals surface area contributed by atoms with Gasteiger partial charge in [-0.2, -0.15) is 0 Å². The summed E-state index contributed by atoms with van der Waals surface area (Å²) >= 11 is 0. The van der Waals surface area contributed by atoms with Crippen LogP contribution in [0.25, 0.3) is 11.6 Å². The van der Waals surface area contributed by atoms with E-state index in [0.717, 1.165) is 18.2 Å². The summed E-state index contributed by atoms with van der Waals surface area (Å²) in [5.41, 5.74) is 0.559. The van der Waals surface area contributed by atoms with Crippen molar-refractivity contribution >= 4 is 23.5 Å². The molecule has 8 heteroatoms. The topological polar surface area (TPSA) is 72.2 Å². The van der Waals surface area contributed by atoms with Crippen molar-refractivity contribution in [1.82, 2.24) is 9.55 Å². The van der Waals surface area contributed by atoms with E-state index in [2.05, 4.69) is 4.98 Å². The Labute approximate surface area is 198 Å². The quantitative estimate of drug-likeness (QED) is 0.390. The van der Waals surface area contributed by atoms with E-state index >= 15 is 4.39 Å². The van der Waals surface area contributed by atoms with Gasteiger partial charge in [-0.05, 0) is 73.5 Å². The first-order valence-corrected chi connectivity index (χ1v) is 10.5. The molecule has 0 saturated heterocycles. The van der Waals surface area contributed by atoms with Gasteiger partial charge in [0.2, 0.25) is 0 Å². The van der Waals surface area contributed by atoms with Crippen LogP contribution in [-0.4, -0.2) is 26.5 Å². The van der Waals surface area contributed by atoms with Crippen LogP contribution in [-0.2, 0) is 0 Å². The van der Waals surface area contributed by atoms with Crippen LogP contribution in [0.3, 0.4) is 0 Å². The number of aromatic nitrogens is 2. The number of halogens is 3. The molecule has 0 aliphatic heterocycles. The minimum absolute atomic E-state index is 0.0123. The molecule has 0 bridgehead atoms. The maximum Gasteiger partial charge on any atom is 0.336 e. The average molecular weight is 476 g/mol. The zero-order chi connectivity index (χ0) is 25.3. The molecule has 0 saturated carbocycles. The van der Waals surface area contributed by atoms with Crippen LogP contribution >= 0.6 is 0 Å². The van der Waals surface area contributed by atoms with E-state index in [1.165, 1.54) is 59.2 Å². The van der Waals surface area contributed by atoms with E-state index in [-0.39, 0.29) is 33.7 Å². The van der Waals surface area contributed by atoms with E-state index in [9.17, 15) is 23.5 Å². The Kier molecular flexibility index (Phi) is 6.38. The predicted molar refractivity (Wildman–Crippen MR) is 125 cm³/mol. The molecule has 176 valence electrons. The fourth-order valence-corrected chi connectivity index (χ4v) is 3.80. The molecule has 1 heterocycles. The lowest BCUT2D eigenvalue weighted by atomic mass is 9.92. The number of imidazole rings is 1. The lowest BCUT2D eigenvalue weighted by molar-refractivity contribution is 0.0695. The first-order valence-electron chi connectivity index (χ1n) is 10.5. The minimum Gasteiger partial charge on any atom is -0.478 e. The SMILES string of the molecule is Cc1nc(C=C(c2cccc(F)c2)c2c(F)cccc2C(=O)O)n(C(=O)c2cccc(F)c2)c1C. The number of benzene rings is 3. The molecule has 3 aromatic carbocycles. The third-order valence-electron chi connectivity index (χ3n) is 5.57. The molecule has 0 radical (unpaired) electrons. The molecule has 1 aromatic heterocycles. The highest BCUT2D eigenvalue weighted by Crippen LogP contribution is 2.32. The number of hydrogen-bond acceptors (Lipinski definition) is 3. The van der Waals surface area contributed by atoms with Crippen molar-refractivity contribution in [2.45, 2.75) is 13.8 Å². The van der Waals surface area contributed by atoms with E-state index in [1.54, 1.807) is 13.8 Å². The Morgan fingerprint density at radius 2 is 1.49 bits per heavy atom. The molecule has 0 fully saturated rings. The summed E-state index contributed by atoms with van der Waals surface area (Å²) in [5.74, 6) is -3.97. The third kappa shape index (κ3) is 4.63. The van der Waals surface area contributed by atoms with Crippen molar-refractivity contribution in [2.75, 3.05) is 0 Å². The molecule has 0 amide bonds. The van der Waals surface area contributed by atoms with Crippen molar-refractivity contribution in [3.8, 4) is 0 Å². The molecule has 0 spiro atoms. The lowest BCUT2D eigenvalue weighted by Gasteiger charge is -2.14. The Bertz CT molecular complexity index is 1510. The Morgan fingerprint density at radius 1 is 0.886 bits per heavy atom. The minimum atomic E-state index is -1.38. The number of carboxylic acids is 1. The van der Waals surface area contributed by atoms with Crippen molar-refractivity contribution in [3.05, 3.63) is 124 Å². The van der Waals surface area contributed by atoms with Crippen molar-refractivity contribution < 1.29 is 27.9 Å². The van der Waals surface area contributed by atoms with Crippen LogP contribution < -0.4 is 0 Å². The standard InChI is InChI=1S/C27H19F3N2O3/c1-15-16(2)32(26(33)18-7-4-9-20(29)13-18)24(31-15)14-22(17-6-3-8-19(28)12-17)25-21(27(34)35)10-5-11-23(25)30/h3-14H,1-2H3,(H,34,35). The van der Waals surface area contributed by atoms with Crippen molar-refractivity contribution in [2.24, 2.45) is 0 Å². The van der Waals surface area contributed by atoms with E-state index in [4.69, 9.17) is 0 Å². The van der Waals surface area contributed by atoms with Gasteiger partial charge in [-0.15, -0.1) is 0 Å². The van der Waals surface area contributed by atoms with Crippen LogP contribution in [0.4, 0.5) is 13.2 Å². The summed E-state index contributed by atoms with van der Waals surface area (Å²) in [7, 11) is 0. The molecule has 0 atom stereocenters. The zero-order valence-electron chi connectivity index (χ0n) is 18.7. The zero-order valence-corrected chi connectivity index (χ0v) is 18.7. The van der Waals surface area contributed by atoms with E-state index < -0.39 is 29.3 Å². The van der Waals surface area contributed by atoms with E-state index in [0.29, 0.717) is 11.4 Å². The average Bonchev–Trinajstić information content (AvgIpc) is 3.10. The second-order valence-corrected chi connectivity index (χ2v) is 7.83. The smallest absolute Gasteiger partial charge is 0.336 e. The molecule has 35 heavy (non-hydrogen) atoms. The number of aryl methyl sites for hydroxylation is 1. The van der Waals surface area contributed by atoms with Crippen molar-refractivity contribution in [1.29, 1.82) is 0 Å². The Hall–Kier alpha value is -4.46. The molecule has 5 nitrogen and oxygen atoms in total. The largest absolute Gasteiger partial charge is 0.478 e. The maximum atomic E-state index is 15.1. The molecular weight excluding hydrogens is 457 g/mol. The van der Waals surface area contributed by atoms with Crippen LogP contribution in [0.15, 0.2) is 66.7 Å². The molecule has 1 N–H and O–H groups in total. The number of rotatable bonds is 5. The van der Waals surface area contributed by atoms with Crippen LogP contribution in [0.2, 0.25) is 0 Å². The van der Waals surface area contributed by atoms with Gasteiger partial charge in [0.05, 0.1) is 11.3 Å². The second kappa shape index (κ2) is 9.42. The maximum absolute atomic E-state index is 15.1. The molecule has 0 unspecified atom stereocenters. The van der Waals surface area contributed by atoms with Gasteiger partial charge < -0.3 is 5.11 Å². The van der Waals surface area contributed by atoms with E-state index in [1.807, 2.05) is 0 Å². The number of carboxylic acid groups (broad SMARTS) is 1. The summed E-state index contributed by atoms with van der Waals surface area (Å²) in [6.45, 7) is 3.31. The van der Waals surface area contributed by atoms with Gasteiger partial charge in [0.15, 0.2) is 0 Å². The van der Waals surface area contributed by atoms with Gasteiger partial charge >= 0.3 is 5.97 Å². The predicted octanol–water partition coefficient (Wildman–Crippen LogP) is 5.89. The summed E-state index contributed by atoms with van der Waals surface area (Å²) in [6, 6.07) is 13.9. The summed E-state index contributed by atoms with van der Waals surface area (Å²) in [6.07, 6.45) is 1.33. The van der Waals surface area contributed by atoms with Crippen LogP contribution in [0, 0.1) is 31.3 Å². The van der Waals surface area contributed by atoms with Gasteiger partial charge in [-0.3, -0.25) is 9.36 Å².